The van der Waals surface area contributed by atoms with Crippen LogP contribution in [0.4, 0.5) is 0 Å². The predicted molar refractivity (Wildman–Crippen MR) is 107 cm³/mol. The molecule has 26 heavy (non-hydrogen) atoms. The first kappa shape index (κ1) is 17.3. The number of piperidine rings is 1. The second-order valence-corrected chi connectivity index (χ2v) is 7.72. The van der Waals surface area contributed by atoms with Crippen LogP contribution in [0.25, 0.3) is 10.2 Å². The molecule has 4 nitrogen and oxygen atoms in total. The first-order valence-corrected chi connectivity index (χ1v) is 9.98. The van der Waals surface area contributed by atoms with Gasteiger partial charge in [-0.25, -0.2) is 4.98 Å². The molecule has 0 atom stereocenters. The average molecular weight is 369 g/mol. The third-order valence-corrected chi connectivity index (χ3v) is 6.18. The molecular weight excluding hydrogens is 344 g/mol. The van der Waals surface area contributed by atoms with Crippen LogP contribution in [-0.4, -0.2) is 43.2 Å². The van der Waals surface area contributed by atoms with Crippen LogP contribution in [0.5, 0.6) is 11.5 Å². The van der Waals surface area contributed by atoms with Gasteiger partial charge in [-0.3, -0.25) is 4.90 Å². The number of ether oxygens (including phenoxy) is 2. The van der Waals surface area contributed by atoms with Gasteiger partial charge in [-0.15, -0.1) is 11.3 Å². The zero-order valence-electron chi connectivity index (χ0n) is 15.1. The van der Waals surface area contributed by atoms with Crippen LogP contribution < -0.4 is 9.47 Å². The van der Waals surface area contributed by atoms with E-state index in [0.717, 1.165) is 43.3 Å². The van der Waals surface area contributed by atoms with Gasteiger partial charge < -0.3 is 9.47 Å². The lowest BCUT2D eigenvalue weighted by Gasteiger charge is -2.30. The van der Waals surface area contributed by atoms with Gasteiger partial charge in [-0.05, 0) is 62.3 Å². The Morgan fingerprint density at radius 2 is 1.77 bits per heavy atom. The Balaban J connectivity index is 1.24. The summed E-state index contributed by atoms with van der Waals surface area (Å²) in [5.74, 6) is 2.36. The maximum Gasteiger partial charge on any atom is 0.119 e. The van der Waals surface area contributed by atoms with E-state index in [1.807, 2.05) is 35.6 Å². The number of fused-ring (bicyclic) bond motifs is 1. The minimum Gasteiger partial charge on any atom is -0.497 e. The Morgan fingerprint density at radius 1 is 1.04 bits per heavy atom. The number of aromatic nitrogens is 1. The fourth-order valence-electron chi connectivity index (χ4n) is 3.43. The molecule has 0 unspecified atom stereocenters. The summed E-state index contributed by atoms with van der Waals surface area (Å²) >= 11 is 1.86. The van der Waals surface area contributed by atoms with Crippen molar-refractivity contribution in [1.82, 2.24) is 9.88 Å². The fraction of sp³-hybridized carbons (Fsp3) is 0.381. The highest BCUT2D eigenvalue weighted by Gasteiger charge is 2.23. The molecular formula is C21H24N2O2S. The van der Waals surface area contributed by atoms with E-state index in [9.17, 15) is 0 Å². The minimum absolute atomic E-state index is 0.603. The maximum absolute atomic E-state index is 5.85. The number of benzene rings is 2. The molecule has 5 heteroatoms. The predicted octanol–water partition coefficient (Wildman–Crippen LogP) is 4.56. The lowest BCUT2D eigenvalue weighted by molar-refractivity contribution is 0.173. The van der Waals surface area contributed by atoms with Gasteiger partial charge in [0.1, 0.15) is 18.1 Å². The SMILES string of the molecule is COc1ccc(OCCN2CCC(c3nc4ccccc4s3)CC2)cc1. The van der Waals surface area contributed by atoms with Crippen LogP contribution in [-0.2, 0) is 0 Å². The molecule has 4 rings (SSSR count). The third kappa shape index (κ3) is 4.00. The van der Waals surface area contributed by atoms with Crippen LogP contribution in [0, 0.1) is 0 Å². The van der Waals surface area contributed by atoms with Crippen LogP contribution in [0.15, 0.2) is 48.5 Å². The molecule has 1 aliphatic heterocycles. The van der Waals surface area contributed by atoms with Gasteiger partial charge in [0, 0.05) is 12.5 Å². The molecule has 0 N–H and O–H groups in total. The molecule has 1 aromatic heterocycles. The molecule has 0 amide bonds. The van der Waals surface area contributed by atoms with Crippen molar-refractivity contribution in [2.45, 2.75) is 18.8 Å². The van der Waals surface area contributed by atoms with Gasteiger partial charge in [-0.1, -0.05) is 12.1 Å². The summed E-state index contributed by atoms with van der Waals surface area (Å²) in [6.45, 7) is 3.93. The molecule has 0 radical (unpaired) electrons. The molecule has 136 valence electrons. The van der Waals surface area contributed by atoms with Gasteiger partial charge in [0.2, 0.25) is 0 Å². The van der Waals surface area contributed by atoms with Gasteiger partial charge in [0.15, 0.2) is 0 Å². The third-order valence-electron chi connectivity index (χ3n) is 4.98. The monoisotopic (exact) mass is 368 g/mol. The average Bonchev–Trinajstić information content (AvgIpc) is 3.13. The summed E-state index contributed by atoms with van der Waals surface area (Å²) in [4.78, 5) is 7.34. The van der Waals surface area contributed by atoms with E-state index in [0.29, 0.717) is 5.92 Å². The second kappa shape index (κ2) is 8.06. The molecule has 0 bridgehead atoms. The molecule has 2 aromatic carbocycles. The maximum atomic E-state index is 5.85. The summed E-state index contributed by atoms with van der Waals surface area (Å²) in [5, 5.41) is 1.31. The molecule has 1 saturated heterocycles. The van der Waals surface area contributed by atoms with E-state index in [-0.39, 0.29) is 0 Å². The van der Waals surface area contributed by atoms with Crippen LogP contribution >= 0.6 is 11.3 Å². The van der Waals surface area contributed by atoms with E-state index in [4.69, 9.17) is 14.5 Å². The Hall–Kier alpha value is -2.11. The molecule has 3 aromatic rings. The van der Waals surface area contributed by atoms with Crippen molar-refractivity contribution in [3.8, 4) is 11.5 Å². The van der Waals surface area contributed by atoms with Crippen LogP contribution in [0.1, 0.15) is 23.8 Å². The first-order valence-electron chi connectivity index (χ1n) is 9.16. The number of methoxy groups -OCH3 is 1. The minimum atomic E-state index is 0.603. The van der Waals surface area contributed by atoms with Gasteiger partial charge >= 0.3 is 0 Å². The van der Waals surface area contributed by atoms with Crippen molar-refractivity contribution in [2.75, 3.05) is 33.4 Å². The van der Waals surface area contributed by atoms with E-state index in [1.165, 1.54) is 22.5 Å². The van der Waals surface area contributed by atoms with Crippen LogP contribution in [0.2, 0.25) is 0 Å². The molecule has 0 spiro atoms. The number of rotatable bonds is 6. The Bertz CT molecular complexity index is 806. The van der Waals surface area contributed by atoms with Crippen molar-refractivity contribution in [1.29, 1.82) is 0 Å². The van der Waals surface area contributed by atoms with E-state index >= 15 is 0 Å². The lowest BCUT2D eigenvalue weighted by Crippen LogP contribution is -2.35. The van der Waals surface area contributed by atoms with Gasteiger partial charge in [0.25, 0.3) is 0 Å². The second-order valence-electron chi connectivity index (χ2n) is 6.66. The van der Waals surface area contributed by atoms with Crippen molar-refractivity contribution in [2.24, 2.45) is 0 Å². The highest BCUT2D eigenvalue weighted by molar-refractivity contribution is 7.18. The Morgan fingerprint density at radius 3 is 2.50 bits per heavy atom. The highest BCUT2D eigenvalue weighted by atomic mass is 32.1. The normalized spacial score (nSPS) is 16.0. The van der Waals surface area contributed by atoms with E-state index < -0.39 is 0 Å². The summed E-state index contributed by atoms with van der Waals surface area (Å²) in [5.41, 5.74) is 1.14. The quantitative estimate of drug-likeness (QED) is 0.639. The highest BCUT2D eigenvalue weighted by Crippen LogP contribution is 2.33. The largest absolute Gasteiger partial charge is 0.497 e. The summed E-state index contributed by atoms with van der Waals surface area (Å²) in [6, 6.07) is 16.2. The fourth-order valence-corrected chi connectivity index (χ4v) is 4.57. The summed E-state index contributed by atoms with van der Waals surface area (Å²) in [7, 11) is 1.67. The van der Waals surface area contributed by atoms with Crippen molar-refractivity contribution >= 4 is 21.6 Å². The summed E-state index contributed by atoms with van der Waals surface area (Å²) < 4.78 is 12.3. The van der Waals surface area contributed by atoms with Crippen LogP contribution in [0.3, 0.4) is 0 Å². The number of nitrogens with zero attached hydrogens (tertiary/aromatic N) is 2. The molecule has 0 aliphatic carbocycles. The Kier molecular flexibility index (Phi) is 5.37. The van der Waals surface area contributed by atoms with E-state index in [1.54, 1.807) is 7.11 Å². The van der Waals surface area contributed by atoms with Gasteiger partial charge in [0.05, 0.1) is 22.3 Å². The molecule has 2 heterocycles. The number of hydrogen-bond acceptors (Lipinski definition) is 5. The van der Waals surface area contributed by atoms with Gasteiger partial charge in [-0.2, -0.15) is 0 Å². The first-order chi connectivity index (χ1) is 12.8. The number of para-hydroxylation sites is 1. The number of likely N-dealkylation sites (tertiary alicyclic amines) is 1. The number of thiazole rings is 1. The standard InChI is InChI=1S/C21H24N2O2S/c1-24-17-6-8-18(9-7-17)25-15-14-23-12-10-16(11-13-23)21-22-19-4-2-3-5-20(19)26-21/h2-9,16H,10-15H2,1H3. The zero-order valence-corrected chi connectivity index (χ0v) is 15.9. The Labute approximate surface area is 158 Å². The van der Waals surface area contributed by atoms with E-state index in [2.05, 4.69) is 29.2 Å². The molecule has 1 fully saturated rings. The van der Waals surface area contributed by atoms with Crippen molar-refractivity contribution < 1.29 is 9.47 Å². The zero-order chi connectivity index (χ0) is 17.8. The number of hydrogen-bond donors (Lipinski definition) is 0. The lowest BCUT2D eigenvalue weighted by atomic mass is 9.97. The van der Waals surface area contributed by atoms with Crippen molar-refractivity contribution in [3.05, 3.63) is 53.5 Å². The smallest absolute Gasteiger partial charge is 0.119 e. The molecule has 0 saturated carbocycles. The molecule has 1 aliphatic rings. The summed E-state index contributed by atoms with van der Waals surface area (Å²) in [6.07, 6.45) is 2.37. The topological polar surface area (TPSA) is 34.6 Å². The van der Waals surface area contributed by atoms with Crippen molar-refractivity contribution in [3.63, 3.8) is 0 Å².